The van der Waals surface area contributed by atoms with Crippen molar-refractivity contribution in [3.8, 4) is 0 Å². The number of anilines is 1. The Morgan fingerprint density at radius 3 is 2.83 bits per heavy atom. The number of rotatable bonds is 5. The van der Waals surface area contributed by atoms with Crippen LogP contribution in [0.1, 0.15) is 26.3 Å². The number of hydrogen-bond acceptors (Lipinski definition) is 5. The SMILES string of the molecule is CC(C)(C)C1CN(CCNCc2ccncc2N)CCN1C(=O)O. The van der Waals surface area contributed by atoms with E-state index in [1.165, 1.54) is 0 Å². The maximum Gasteiger partial charge on any atom is 0.407 e. The maximum absolute atomic E-state index is 11.4. The Morgan fingerprint density at radius 1 is 1.46 bits per heavy atom. The van der Waals surface area contributed by atoms with Crippen LogP contribution in [0.2, 0.25) is 0 Å². The van der Waals surface area contributed by atoms with Gasteiger partial charge in [-0.3, -0.25) is 9.88 Å². The fourth-order valence-corrected chi connectivity index (χ4v) is 3.07. The van der Waals surface area contributed by atoms with E-state index in [1.807, 2.05) is 6.07 Å². The second-order valence-electron chi connectivity index (χ2n) is 7.41. The van der Waals surface area contributed by atoms with Gasteiger partial charge in [0, 0.05) is 45.5 Å². The Kier molecular flexibility index (Phi) is 6.01. The number of pyridine rings is 1. The third-order valence-electron chi connectivity index (χ3n) is 4.58. The fourth-order valence-electron chi connectivity index (χ4n) is 3.07. The van der Waals surface area contributed by atoms with Gasteiger partial charge >= 0.3 is 6.09 Å². The smallest absolute Gasteiger partial charge is 0.407 e. The van der Waals surface area contributed by atoms with Crippen molar-refractivity contribution in [2.45, 2.75) is 33.4 Å². The summed E-state index contributed by atoms with van der Waals surface area (Å²) in [6, 6.07) is 1.93. The molecule has 4 N–H and O–H groups in total. The molecule has 134 valence electrons. The molecule has 24 heavy (non-hydrogen) atoms. The second kappa shape index (κ2) is 7.81. The number of carboxylic acid groups (broad SMARTS) is 1. The first-order chi connectivity index (χ1) is 11.3. The van der Waals surface area contributed by atoms with Gasteiger partial charge in [-0.05, 0) is 17.0 Å². The molecule has 1 aromatic heterocycles. The molecule has 0 bridgehead atoms. The number of aromatic nitrogens is 1. The van der Waals surface area contributed by atoms with Crippen LogP contribution < -0.4 is 11.1 Å². The molecule has 1 aliphatic rings. The van der Waals surface area contributed by atoms with Crippen molar-refractivity contribution in [3.05, 3.63) is 24.0 Å². The number of nitrogens with one attached hydrogen (secondary N) is 1. The van der Waals surface area contributed by atoms with Crippen molar-refractivity contribution >= 4 is 11.8 Å². The molecule has 7 nitrogen and oxygen atoms in total. The van der Waals surface area contributed by atoms with Gasteiger partial charge in [0.25, 0.3) is 0 Å². The van der Waals surface area contributed by atoms with E-state index in [0.717, 1.165) is 31.7 Å². The molecule has 0 aliphatic carbocycles. The largest absolute Gasteiger partial charge is 0.465 e. The van der Waals surface area contributed by atoms with Gasteiger partial charge in [0.1, 0.15) is 0 Å². The van der Waals surface area contributed by atoms with Crippen molar-refractivity contribution in [1.82, 2.24) is 20.1 Å². The molecule has 1 saturated heterocycles. The molecular formula is C17H29N5O2. The van der Waals surface area contributed by atoms with E-state index in [-0.39, 0.29) is 11.5 Å². The Labute approximate surface area is 143 Å². The number of nitrogens with two attached hydrogens (primary N) is 1. The number of hydrogen-bond donors (Lipinski definition) is 3. The first-order valence-electron chi connectivity index (χ1n) is 8.40. The zero-order valence-corrected chi connectivity index (χ0v) is 14.8. The van der Waals surface area contributed by atoms with Crippen molar-refractivity contribution in [2.75, 3.05) is 38.5 Å². The monoisotopic (exact) mass is 335 g/mol. The molecular weight excluding hydrogens is 306 g/mol. The first kappa shape index (κ1) is 18.5. The summed E-state index contributed by atoms with van der Waals surface area (Å²) in [5.74, 6) is 0. The first-order valence-corrected chi connectivity index (χ1v) is 8.40. The standard InChI is InChI=1S/C17H29N5O2/c1-17(2,3)15-12-21(8-9-22(15)16(23)24)7-6-20-10-13-4-5-19-11-14(13)18/h4-5,11,15,20H,6-10,12,18H2,1-3H3,(H,23,24). The lowest BCUT2D eigenvalue weighted by atomic mass is 9.84. The molecule has 1 aromatic rings. The average Bonchev–Trinajstić information content (AvgIpc) is 2.52. The predicted molar refractivity (Wildman–Crippen MR) is 94.8 cm³/mol. The second-order valence-corrected chi connectivity index (χ2v) is 7.41. The molecule has 0 aromatic carbocycles. The number of nitrogen functional groups attached to an aromatic ring is 1. The van der Waals surface area contributed by atoms with Gasteiger partial charge in [0.15, 0.2) is 0 Å². The van der Waals surface area contributed by atoms with E-state index in [2.05, 4.69) is 36.0 Å². The summed E-state index contributed by atoms with van der Waals surface area (Å²) in [6.45, 7) is 10.9. The van der Waals surface area contributed by atoms with Gasteiger partial charge in [0.05, 0.1) is 17.9 Å². The molecule has 0 spiro atoms. The Bertz CT molecular complexity index is 558. The van der Waals surface area contributed by atoms with Crippen LogP contribution in [0, 0.1) is 5.41 Å². The minimum absolute atomic E-state index is 0.0135. The zero-order chi connectivity index (χ0) is 17.7. The zero-order valence-electron chi connectivity index (χ0n) is 14.8. The highest BCUT2D eigenvalue weighted by atomic mass is 16.4. The lowest BCUT2D eigenvalue weighted by Gasteiger charge is -2.46. The van der Waals surface area contributed by atoms with Gasteiger partial charge in [-0.2, -0.15) is 0 Å². The fraction of sp³-hybridized carbons (Fsp3) is 0.647. The van der Waals surface area contributed by atoms with Gasteiger partial charge < -0.3 is 21.1 Å². The van der Waals surface area contributed by atoms with E-state index in [9.17, 15) is 9.90 Å². The summed E-state index contributed by atoms with van der Waals surface area (Å²) in [6.07, 6.45) is 2.59. The minimum Gasteiger partial charge on any atom is -0.465 e. The molecule has 1 aliphatic heterocycles. The maximum atomic E-state index is 11.4. The molecule has 1 amide bonds. The summed E-state index contributed by atoms with van der Waals surface area (Å²) in [5, 5.41) is 12.8. The molecule has 1 unspecified atom stereocenters. The van der Waals surface area contributed by atoms with E-state index in [0.29, 0.717) is 18.8 Å². The van der Waals surface area contributed by atoms with Gasteiger partial charge in [-0.15, -0.1) is 0 Å². The molecule has 7 heteroatoms. The highest BCUT2D eigenvalue weighted by Gasteiger charge is 2.37. The molecule has 2 rings (SSSR count). The van der Waals surface area contributed by atoms with Crippen molar-refractivity contribution in [2.24, 2.45) is 5.41 Å². The number of piperazine rings is 1. The lowest BCUT2D eigenvalue weighted by Crippen LogP contribution is -2.59. The quantitative estimate of drug-likeness (QED) is 0.705. The van der Waals surface area contributed by atoms with Crippen LogP contribution in [0.25, 0.3) is 0 Å². The molecule has 0 saturated carbocycles. The minimum atomic E-state index is -0.819. The van der Waals surface area contributed by atoms with Crippen molar-refractivity contribution in [3.63, 3.8) is 0 Å². The van der Waals surface area contributed by atoms with E-state index in [4.69, 9.17) is 5.73 Å². The van der Waals surface area contributed by atoms with Crippen LogP contribution in [0.3, 0.4) is 0 Å². The van der Waals surface area contributed by atoms with Crippen molar-refractivity contribution < 1.29 is 9.90 Å². The predicted octanol–water partition coefficient (Wildman–Crippen LogP) is 1.46. The van der Waals surface area contributed by atoms with Crippen LogP contribution in [0.15, 0.2) is 18.5 Å². The van der Waals surface area contributed by atoms with Crippen LogP contribution in [-0.4, -0.2) is 64.7 Å². The van der Waals surface area contributed by atoms with Gasteiger partial charge in [-0.1, -0.05) is 20.8 Å². The third kappa shape index (κ3) is 4.82. The molecule has 0 radical (unpaired) electrons. The van der Waals surface area contributed by atoms with E-state index < -0.39 is 6.09 Å². The highest BCUT2D eigenvalue weighted by Crippen LogP contribution is 2.27. The Hall–Kier alpha value is -1.86. The highest BCUT2D eigenvalue weighted by molar-refractivity contribution is 5.65. The molecule has 1 fully saturated rings. The van der Waals surface area contributed by atoms with Crippen LogP contribution in [-0.2, 0) is 6.54 Å². The van der Waals surface area contributed by atoms with Crippen LogP contribution >= 0.6 is 0 Å². The summed E-state index contributed by atoms with van der Waals surface area (Å²) >= 11 is 0. The summed E-state index contributed by atoms with van der Waals surface area (Å²) < 4.78 is 0. The van der Waals surface area contributed by atoms with Gasteiger partial charge in [0.2, 0.25) is 0 Å². The van der Waals surface area contributed by atoms with E-state index >= 15 is 0 Å². The molecule has 1 atom stereocenters. The topological polar surface area (TPSA) is 94.7 Å². The number of amides is 1. The summed E-state index contributed by atoms with van der Waals surface area (Å²) in [5.41, 5.74) is 7.56. The van der Waals surface area contributed by atoms with Crippen LogP contribution in [0.5, 0.6) is 0 Å². The molecule has 2 heterocycles. The number of carbonyl (C=O) groups is 1. The Balaban J connectivity index is 1.81. The Morgan fingerprint density at radius 2 is 2.21 bits per heavy atom. The van der Waals surface area contributed by atoms with E-state index in [1.54, 1.807) is 17.3 Å². The van der Waals surface area contributed by atoms with Crippen LogP contribution in [0.4, 0.5) is 10.5 Å². The normalized spacial score (nSPS) is 19.5. The summed E-state index contributed by atoms with van der Waals surface area (Å²) in [7, 11) is 0. The third-order valence-corrected chi connectivity index (χ3v) is 4.58. The summed E-state index contributed by atoms with van der Waals surface area (Å²) in [4.78, 5) is 19.3. The average molecular weight is 335 g/mol. The van der Waals surface area contributed by atoms with Crippen molar-refractivity contribution in [1.29, 1.82) is 0 Å². The van der Waals surface area contributed by atoms with Gasteiger partial charge in [-0.25, -0.2) is 4.79 Å². The number of nitrogens with zero attached hydrogens (tertiary/aromatic N) is 3. The lowest BCUT2D eigenvalue weighted by molar-refractivity contribution is 0.0221.